The maximum absolute atomic E-state index is 10.4. The van der Waals surface area contributed by atoms with Crippen LogP contribution >= 0.6 is 0 Å². The highest BCUT2D eigenvalue weighted by Crippen LogP contribution is 2.02. The number of hydrogen-bond donors (Lipinski definition) is 1. The summed E-state index contributed by atoms with van der Waals surface area (Å²) in [5.74, 6) is -1.11. The van der Waals surface area contributed by atoms with Crippen LogP contribution in [0.1, 0.15) is 30.4 Å². The van der Waals surface area contributed by atoms with Crippen molar-refractivity contribution < 1.29 is 14.4 Å². The van der Waals surface area contributed by atoms with Gasteiger partial charge in [-0.05, 0) is 18.2 Å². The summed E-state index contributed by atoms with van der Waals surface area (Å²) in [7, 11) is 0. The predicted molar refractivity (Wildman–Crippen MR) is 47.9 cm³/mol. The van der Waals surface area contributed by atoms with E-state index in [4.69, 9.17) is 9.63 Å². The van der Waals surface area contributed by atoms with Crippen LogP contribution < -0.4 is 0 Å². The van der Waals surface area contributed by atoms with E-state index in [0.29, 0.717) is 12.4 Å². The Balaban J connectivity index is 2.63. The second kappa shape index (κ2) is 4.71. The first-order valence-corrected chi connectivity index (χ1v) is 4.45. The van der Waals surface area contributed by atoms with E-state index in [-0.39, 0.29) is 5.82 Å². The molecule has 78 valence electrons. The number of rotatable bonds is 5. The smallest absolute Gasteiger partial charge is 0.377 e. The average molecular weight is 199 g/mol. The minimum atomic E-state index is -1.17. The number of hydrogen-bond acceptors (Lipinski definition) is 5. The number of aromatic nitrogens is 2. The van der Waals surface area contributed by atoms with Crippen molar-refractivity contribution in [3.05, 3.63) is 11.7 Å². The highest BCUT2D eigenvalue weighted by Gasteiger charge is 2.13. The number of aromatic carboxylic acids is 1. The first-order valence-electron chi connectivity index (χ1n) is 4.45. The summed E-state index contributed by atoms with van der Waals surface area (Å²) in [4.78, 5) is 16.2. The fourth-order valence-electron chi connectivity index (χ4n) is 1.04. The van der Waals surface area contributed by atoms with Crippen molar-refractivity contribution in [3.8, 4) is 0 Å². The minimum absolute atomic E-state index is 0.285. The minimum Gasteiger partial charge on any atom is -0.475 e. The fraction of sp³-hybridized carbons (Fsp3) is 0.625. The van der Waals surface area contributed by atoms with Crippen LogP contribution in [0.2, 0.25) is 0 Å². The molecule has 0 amide bonds. The highest BCUT2D eigenvalue weighted by atomic mass is 16.5. The molecule has 0 fully saturated rings. The van der Waals surface area contributed by atoms with Gasteiger partial charge < -0.3 is 9.63 Å². The van der Waals surface area contributed by atoms with Gasteiger partial charge in [-0.2, -0.15) is 4.98 Å². The molecule has 1 aromatic heterocycles. The van der Waals surface area contributed by atoms with Crippen LogP contribution in [0.5, 0.6) is 0 Å². The first kappa shape index (κ1) is 10.6. The second-order valence-electron chi connectivity index (χ2n) is 2.78. The Morgan fingerprint density at radius 1 is 1.50 bits per heavy atom. The van der Waals surface area contributed by atoms with E-state index in [0.717, 1.165) is 13.1 Å². The third-order valence-corrected chi connectivity index (χ3v) is 1.91. The molecule has 14 heavy (non-hydrogen) atoms. The van der Waals surface area contributed by atoms with Gasteiger partial charge in [0.2, 0.25) is 5.89 Å². The van der Waals surface area contributed by atoms with Gasteiger partial charge in [-0.15, -0.1) is 0 Å². The van der Waals surface area contributed by atoms with Gasteiger partial charge in [0, 0.05) is 0 Å². The molecule has 0 unspecified atom stereocenters. The van der Waals surface area contributed by atoms with Crippen molar-refractivity contribution in [1.82, 2.24) is 15.0 Å². The number of carboxylic acids is 1. The molecular formula is C8H13N3O3. The van der Waals surface area contributed by atoms with Gasteiger partial charge in [-0.3, -0.25) is 4.90 Å². The molecule has 6 heteroatoms. The zero-order valence-electron chi connectivity index (χ0n) is 8.23. The molecule has 0 bridgehead atoms. The predicted octanol–water partition coefficient (Wildman–Crippen LogP) is 0.610. The van der Waals surface area contributed by atoms with Crippen LogP contribution in [0.3, 0.4) is 0 Å². The van der Waals surface area contributed by atoms with E-state index >= 15 is 0 Å². The first-order chi connectivity index (χ1) is 6.67. The number of carbonyl (C=O) groups is 1. The monoisotopic (exact) mass is 199 g/mol. The molecule has 0 aliphatic heterocycles. The zero-order chi connectivity index (χ0) is 10.6. The highest BCUT2D eigenvalue weighted by molar-refractivity contribution is 5.82. The largest absolute Gasteiger partial charge is 0.475 e. The van der Waals surface area contributed by atoms with Crippen LogP contribution in [0, 0.1) is 0 Å². The molecule has 0 atom stereocenters. The number of nitrogens with zero attached hydrogens (tertiary/aromatic N) is 3. The van der Waals surface area contributed by atoms with Crippen LogP contribution in [0.15, 0.2) is 4.52 Å². The molecule has 0 saturated carbocycles. The van der Waals surface area contributed by atoms with Gasteiger partial charge in [-0.25, -0.2) is 4.79 Å². The summed E-state index contributed by atoms with van der Waals surface area (Å²) >= 11 is 0. The summed E-state index contributed by atoms with van der Waals surface area (Å²) in [5.41, 5.74) is 0. The Morgan fingerprint density at radius 3 is 2.57 bits per heavy atom. The molecule has 1 rings (SSSR count). The Hall–Kier alpha value is -1.43. The van der Waals surface area contributed by atoms with Crippen molar-refractivity contribution in [3.63, 3.8) is 0 Å². The van der Waals surface area contributed by atoms with E-state index in [9.17, 15) is 4.79 Å². The molecule has 0 spiro atoms. The van der Waals surface area contributed by atoms with Crippen molar-refractivity contribution >= 4 is 5.97 Å². The van der Waals surface area contributed by atoms with Crippen LogP contribution in [-0.4, -0.2) is 39.2 Å². The van der Waals surface area contributed by atoms with Gasteiger partial charge in [0.1, 0.15) is 0 Å². The van der Waals surface area contributed by atoms with Crippen molar-refractivity contribution in [1.29, 1.82) is 0 Å². The third kappa shape index (κ3) is 2.53. The lowest BCUT2D eigenvalue weighted by Crippen LogP contribution is -2.22. The van der Waals surface area contributed by atoms with E-state index in [2.05, 4.69) is 15.0 Å². The quantitative estimate of drug-likeness (QED) is 0.748. The van der Waals surface area contributed by atoms with Gasteiger partial charge in [0.25, 0.3) is 5.82 Å². The van der Waals surface area contributed by atoms with Crippen molar-refractivity contribution in [2.24, 2.45) is 0 Å². The molecule has 1 aromatic rings. The Labute approximate surface area is 81.5 Å². The van der Waals surface area contributed by atoms with Crippen molar-refractivity contribution in [2.75, 3.05) is 13.1 Å². The van der Waals surface area contributed by atoms with E-state index < -0.39 is 5.97 Å². The van der Waals surface area contributed by atoms with Crippen molar-refractivity contribution in [2.45, 2.75) is 20.4 Å². The van der Waals surface area contributed by atoms with Crippen LogP contribution in [0.25, 0.3) is 0 Å². The molecule has 1 N–H and O–H groups in total. The molecule has 0 aliphatic carbocycles. The average Bonchev–Trinajstić information content (AvgIpc) is 2.62. The summed E-state index contributed by atoms with van der Waals surface area (Å²) < 4.78 is 4.78. The van der Waals surface area contributed by atoms with Gasteiger partial charge in [0.05, 0.1) is 6.54 Å². The SMILES string of the molecule is CCN(CC)Cc1nc(C(=O)O)no1. The maximum atomic E-state index is 10.4. The zero-order valence-corrected chi connectivity index (χ0v) is 8.23. The fourth-order valence-corrected chi connectivity index (χ4v) is 1.04. The lowest BCUT2D eigenvalue weighted by molar-refractivity contribution is 0.0680. The third-order valence-electron chi connectivity index (χ3n) is 1.91. The molecule has 1 heterocycles. The van der Waals surface area contributed by atoms with Crippen LogP contribution in [0.4, 0.5) is 0 Å². The Morgan fingerprint density at radius 2 is 2.14 bits per heavy atom. The normalized spacial score (nSPS) is 10.8. The molecular weight excluding hydrogens is 186 g/mol. The molecule has 0 radical (unpaired) electrons. The van der Waals surface area contributed by atoms with Gasteiger partial charge >= 0.3 is 5.97 Å². The van der Waals surface area contributed by atoms with E-state index in [1.807, 2.05) is 13.8 Å². The lowest BCUT2D eigenvalue weighted by atomic mass is 10.4. The van der Waals surface area contributed by atoms with Gasteiger partial charge in [0.15, 0.2) is 0 Å². The van der Waals surface area contributed by atoms with E-state index in [1.165, 1.54) is 0 Å². The maximum Gasteiger partial charge on any atom is 0.377 e. The second-order valence-corrected chi connectivity index (χ2v) is 2.78. The molecule has 6 nitrogen and oxygen atoms in total. The molecule has 0 aliphatic rings. The molecule has 0 saturated heterocycles. The molecule has 0 aromatic carbocycles. The summed E-state index contributed by atoms with van der Waals surface area (Å²) in [6.07, 6.45) is 0. The standard InChI is InChI=1S/C8H13N3O3/c1-3-11(4-2)5-6-9-7(8(12)13)10-14-6/h3-5H2,1-2H3,(H,12,13). The summed E-state index contributed by atoms with van der Waals surface area (Å²) in [6, 6.07) is 0. The summed E-state index contributed by atoms with van der Waals surface area (Å²) in [6.45, 7) is 6.24. The topological polar surface area (TPSA) is 79.5 Å². The van der Waals surface area contributed by atoms with E-state index in [1.54, 1.807) is 0 Å². The van der Waals surface area contributed by atoms with Gasteiger partial charge in [-0.1, -0.05) is 13.8 Å². The summed E-state index contributed by atoms with van der Waals surface area (Å²) in [5, 5.41) is 11.9. The Kier molecular flexibility index (Phi) is 3.58. The van der Waals surface area contributed by atoms with Crippen LogP contribution in [-0.2, 0) is 6.54 Å². The lowest BCUT2D eigenvalue weighted by Gasteiger charge is -2.14. The Bertz CT molecular complexity index is 307. The number of carboxylic acid groups (broad SMARTS) is 1.